The van der Waals surface area contributed by atoms with E-state index in [1.807, 2.05) is 6.07 Å². The zero-order chi connectivity index (χ0) is 19.4. The largest absolute Gasteiger partial charge is 0.444 e. The van der Waals surface area contributed by atoms with Crippen molar-refractivity contribution in [3.05, 3.63) is 75.3 Å². The van der Waals surface area contributed by atoms with Crippen LogP contribution in [0.2, 0.25) is 0 Å². The molecule has 0 saturated carbocycles. The molecular weight excluding hydrogens is 348 g/mol. The number of rotatable bonds is 5. The fraction of sp³-hybridized carbons (Fsp3) is 0.300. The fourth-order valence-corrected chi connectivity index (χ4v) is 3.10. The number of amides is 1. The number of carbonyl (C=O) groups is 2. The van der Waals surface area contributed by atoms with Gasteiger partial charge in [-0.1, -0.05) is 36.4 Å². The van der Waals surface area contributed by atoms with Crippen molar-refractivity contribution >= 4 is 17.6 Å². The Morgan fingerprint density at radius 3 is 2.41 bits per heavy atom. The topological polar surface area (TPSA) is 89.8 Å². The van der Waals surface area contributed by atoms with Crippen molar-refractivity contribution in [2.45, 2.75) is 25.9 Å². The summed E-state index contributed by atoms with van der Waals surface area (Å²) in [5, 5.41) is 11.1. The van der Waals surface area contributed by atoms with Crippen LogP contribution in [-0.4, -0.2) is 34.8 Å². The molecule has 7 heteroatoms. The van der Waals surface area contributed by atoms with E-state index in [1.165, 1.54) is 18.2 Å². The number of esters is 1. The maximum absolute atomic E-state index is 12.9. The fourth-order valence-electron chi connectivity index (χ4n) is 3.10. The van der Waals surface area contributed by atoms with Crippen LogP contribution in [0.1, 0.15) is 40.4 Å². The minimum Gasteiger partial charge on any atom is -0.444 e. The molecule has 0 unspecified atom stereocenters. The second-order valence-corrected chi connectivity index (χ2v) is 6.49. The predicted molar refractivity (Wildman–Crippen MR) is 98.2 cm³/mol. The van der Waals surface area contributed by atoms with E-state index in [0.717, 1.165) is 12.8 Å². The summed E-state index contributed by atoms with van der Waals surface area (Å²) in [4.78, 5) is 37.8. The van der Waals surface area contributed by atoms with Gasteiger partial charge in [-0.25, -0.2) is 4.79 Å². The molecule has 1 heterocycles. The standard InChI is InChI=1S/C20H20N2O5/c1-14-9-10-16(13-17(14)22(25)26)20(24)27-18(15-7-3-2-4-8-15)19(23)21-11-5-6-12-21/h2-4,7-10,13,18H,5-6,11-12H2,1H3/t18-/m0/s1. The lowest BCUT2D eigenvalue weighted by molar-refractivity contribution is -0.385. The van der Waals surface area contributed by atoms with E-state index in [-0.39, 0.29) is 17.2 Å². The number of hydrogen-bond donors (Lipinski definition) is 0. The molecule has 0 aliphatic carbocycles. The second-order valence-electron chi connectivity index (χ2n) is 6.49. The maximum atomic E-state index is 12.9. The minimum absolute atomic E-state index is 0.0439. The van der Waals surface area contributed by atoms with Gasteiger partial charge in [0, 0.05) is 30.3 Å². The smallest absolute Gasteiger partial charge is 0.339 e. The van der Waals surface area contributed by atoms with Crippen LogP contribution in [0.3, 0.4) is 0 Å². The summed E-state index contributed by atoms with van der Waals surface area (Å²) in [5.41, 5.74) is 0.905. The molecule has 27 heavy (non-hydrogen) atoms. The summed E-state index contributed by atoms with van der Waals surface area (Å²) >= 11 is 0. The molecule has 140 valence electrons. The van der Waals surface area contributed by atoms with Gasteiger partial charge in [0.2, 0.25) is 6.10 Å². The minimum atomic E-state index is -1.07. The van der Waals surface area contributed by atoms with Gasteiger partial charge in [-0.05, 0) is 25.8 Å². The Labute approximate surface area is 156 Å². The zero-order valence-electron chi connectivity index (χ0n) is 15.0. The summed E-state index contributed by atoms with van der Waals surface area (Å²) in [5.74, 6) is -1.03. The van der Waals surface area contributed by atoms with Crippen molar-refractivity contribution in [2.24, 2.45) is 0 Å². The van der Waals surface area contributed by atoms with Crippen molar-refractivity contribution in [1.29, 1.82) is 0 Å². The molecule has 0 N–H and O–H groups in total. The molecule has 1 amide bonds. The van der Waals surface area contributed by atoms with Gasteiger partial charge in [0.1, 0.15) is 0 Å². The van der Waals surface area contributed by atoms with Crippen LogP contribution in [-0.2, 0) is 9.53 Å². The van der Waals surface area contributed by atoms with Crippen LogP contribution in [0.5, 0.6) is 0 Å². The Hall–Kier alpha value is -3.22. The number of benzene rings is 2. The Bertz CT molecular complexity index is 860. The first-order valence-corrected chi connectivity index (χ1v) is 8.77. The zero-order valence-corrected chi connectivity index (χ0v) is 15.0. The molecule has 2 aromatic carbocycles. The van der Waals surface area contributed by atoms with Crippen LogP contribution in [0.15, 0.2) is 48.5 Å². The molecule has 1 saturated heterocycles. The summed E-state index contributed by atoms with van der Waals surface area (Å²) in [6.07, 6.45) is 0.772. The molecule has 1 atom stereocenters. The number of nitrogens with zero attached hydrogens (tertiary/aromatic N) is 2. The Kier molecular flexibility index (Phi) is 5.49. The van der Waals surface area contributed by atoms with Crippen LogP contribution in [0, 0.1) is 17.0 Å². The molecule has 1 aliphatic heterocycles. The monoisotopic (exact) mass is 368 g/mol. The molecule has 1 aliphatic rings. The second kappa shape index (κ2) is 7.99. The maximum Gasteiger partial charge on any atom is 0.339 e. The van der Waals surface area contributed by atoms with Crippen molar-refractivity contribution in [3.8, 4) is 0 Å². The van der Waals surface area contributed by atoms with Gasteiger partial charge in [0.15, 0.2) is 0 Å². The van der Waals surface area contributed by atoms with Gasteiger partial charge >= 0.3 is 5.97 Å². The Morgan fingerprint density at radius 2 is 1.78 bits per heavy atom. The van der Waals surface area contributed by atoms with E-state index in [2.05, 4.69) is 0 Å². The van der Waals surface area contributed by atoms with Gasteiger partial charge in [-0.15, -0.1) is 0 Å². The molecule has 7 nitrogen and oxygen atoms in total. The highest BCUT2D eigenvalue weighted by Gasteiger charge is 2.31. The van der Waals surface area contributed by atoms with E-state index < -0.39 is 17.0 Å². The van der Waals surface area contributed by atoms with E-state index >= 15 is 0 Å². The van der Waals surface area contributed by atoms with Gasteiger partial charge in [-0.2, -0.15) is 0 Å². The summed E-state index contributed by atoms with van der Waals surface area (Å²) in [6, 6.07) is 12.9. The lowest BCUT2D eigenvalue weighted by Gasteiger charge is -2.23. The van der Waals surface area contributed by atoms with E-state index in [1.54, 1.807) is 36.1 Å². The average Bonchev–Trinajstić information content (AvgIpc) is 3.21. The molecule has 1 fully saturated rings. The SMILES string of the molecule is Cc1ccc(C(=O)O[C@H](C(=O)N2CCCC2)c2ccccc2)cc1[N+](=O)[O-]. The molecule has 0 bridgehead atoms. The normalized spacial score (nSPS) is 14.6. The van der Waals surface area contributed by atoms with E-state index in [4.69, 9.17) is 4.74 Å². The number of hydrogen-bond acceptors (Lipinski definition) is 5. The number of aryl methyl sites for hydroxylation is 1. The Balaban J connectivity index is 1.87. The van der Waals surface area contributed by atoms with Crippen molar-refractivity contribution in [3.63, 3.8) is 0 Å². The van der Waals surface area contributed by atoms with E-state index in [9.17, 15) is 19.7 Å². The number of likely N-dealkylation sites (tertiary alicyclic amines) is 1. The third-order valence-electron chi connectivity index (χ3n) is 4.61. The number of nitro groups is 1. The van der Waals surface area contributed by atoms with Crippen molar-refractivity contribution in [1.82, 2.24) is 4.90 Å². The Morgan fingerprint density at radius 1 is 1.11 bits per heavy atom. The number of nitro benzene ring substituents is 1. The van der Waals surface area contributed by atoms with Crippen molar-refractivity contribution < 1.29 is 19.2 Å². The highest BCUT2D eigenvalue weighted by atomic mass is 16.6. The van der Waals surface area contributed by atoms with Crippen LogP contribution in [0.4, 0.5) is 5.69 Å². The predicted octanol–water partition coefficient (Wildman–Crippen LogP) is 3.42. The molecule has 0 aromatic heterocycles. The van der Waals surface area contributed by atoms with Gasteiger partial charge < -0.3 is 9.64 Å². The molecule has 0 radical (unpaired) electrons. The van der Waals surface area contributed by atoms with Crippen molar-refractivity contribution in [2.75, 3.05) is 13.1 Å². The third kappa shape index (κ3) is 4.13. The quantitative estimate of drug-likeness (QED) is 0.458. The number of carbonyl (C=O) groups excluding carboxylic acids is 2. The van der Waals surface area contributed by atoms with Gasteiger partial charge in [0.25, 0.3) is 11.6 Å². The molecule has 3 rings (SSSR count). The number of ether oxygens (including phenoxy) is 1. The van der Waals surface area contributed by atoms with Crippen LogP contribution >= 0.6 is 0 Å². The highest BCUT2D eigenvalue weighted by molar-refractivity contribution is 5.93. The third-order valence-corrected chi connectivity index (χ3v) is 4.61. The summed E-state index contributed by atoms with van der Waals surface area (Å²) in [7, 11) is 0. The first kappa shape index (κ1) is 18.6. The summed E-state index contributed by atoms with van der Waals surface area (Å²) in [6.45, 7) is 2.86. The van der Waals surface area contributed by atoms with Crippen LogP contribution in [0.25, 0.3) is 0 Å². The lowest BCUT2D eigenvalue weighted by Crippen LogP contribution is -2.34. The molecule has 2 aromatic rings. The van der Waals surface area contributed by atoms with Gasteiger partial charge in [0.05, 0.1) is 10.5 Å². The highest BCUT2D eigenvalue weighted by Crippen LogP contribution is 2.26. The first-order chi connectivity index (χ1) is 13.0. The lowest BCUT2D eigenvalue weighted by atomic mass is 10.1. The van der Waals surface area contributed by atoms with E-state index in [0.29, 0.717) is 24.2 Å². The average molecular weight is 368 g/mol. The summed E-state index contributed by atoms with van der Waals surface area (Å²) < 4.78 is 5.52. The molecular formula is C20H20N2O5. The van der Waals surface area contributed by atoms with Crippen LogP contribution < -0.4 is 0 Å². The first-order valence-electron chi connectivity index (χ1n) is 8.77. The molecule has 0 spiro atoms. The van der Waals surface area contributed by atoms with Gasteiger partial charge in [-0.3, -0.25) is 14.9 Å².